The maximum atomic E-state index is 8.64. The van der Waals surface area contributed by atoms with Gasteiger partial charge in [-0.1, -0.05) is 18.1 Å². The number of aliphatic hydroxyl groups excluding tert-OH is 1. The third-order valence-electron chi connectivity index (χ3n) is 2.59. The first-order chi connectivity index (χ1) is 8.86. The number of terminal acetylenes is 1. The summed E-state index contributed by atoms with van der Waals surface area (Å²) in [5.41, 5.74) is 1.23. The zero-order chi connectivity index (χ0) is 13.1. The smallest absolute Gasteiger partial charge is 0.148 e. The number of unbranched alkanes of at least 4 members (excludes halogenated alkanes) is 2. The molecule has 19 heavy (non-hydrogen) atoms. The van der Waals surface area contributed by atoms with Crippen LogP contribution in [0.3, 0.4) is 0 Å². The highest BCUT2D eigenvalue weighted by Crippen LogP contribution is 2.11. The fourth-order valence-corrected chi connectivity index (χ4v) is 1.60. The molecule has 0 bridgehead atoms. The van der Waals surface area contributed by atoms with Gasteiger partial charge >= 0.3 is 0 Å². The molecular weight excluding hydrogens is 262 g/mol. The molecule has 0 aliphatic rings. The van der Waals surface area contributed by atoms with Crippen LogP contribution < -0.4 is 10.1 Å². The van der Waals surface area contributed by atoms with Crippen molar-refractivity contribution in [3.8, 4) is 18.1 Å². The van der Waals surface area contributed by atoms with Crippen molar-refractivity contribution in [2.75, 3.05) is 19.8 Å². The molecule has 0 saturated carbocycles. The Hall–Kier alpha value is -1.21. The number of benzene rings is 1. The molecule has 0 aromatic heterocycles. The maximum absolute atomic E-state index is 8.64. The van der Waals surface area contributed by atoms with E-state index >= 15 is 0 Å². The van der Waals surface area contributed by atoms with Gasteiger partial charge in [0.05, 0.1) is 0 Å². The van der Waals surface area contributed by atoms with E-state index in [0.29, 0.717) is 13.2 Å². The van der Waals surface area contributed by atoms with Crippen LogP contribution in [0, 0.1) is 12.3 Å². The topological polar surface area (TPSA) is 41.5 Å². The van der Waals surface area contributed by atoms with Crippen molar-refractivity contribution in [2.24, 2.45) is 0 Å². The number of ether oxygens (including phenoxy) is 1. The summed E-state index contributed by atoms with van der Waals surface area (Å²) in [5, 5.41) is 12.0. The Balaban J connectivity index is 0.00000324. The molecule has 0 aliphatic heterocycles. The van der Waals surface area contributed by atoms with Crippen LogP contribution in [0.25, 0.3) is 0 Å². The molecule has 0 heterocycles. The normalized spacial score (nSPS) is 9.47. The van der Waals surface area contributed by atoms with Gasteiger partial charge in [-0.25, -0.2) is 0 Å². The highest BCUT2D eigenvalue weighted by atomic mass is 35.5. The van der Waals surface area contributed by atoms with E-state index in [1.54, 1.807) is 0 Å². The van der Waals surface area contributed by atoms with Gasteiger partial charge in [-0.05, 0) is 43.5 Å². The molecule has 4 heteroatoms. The molecule has 1 aromatic rings. The minimum absolute atomic E-state index is 0. The monoisotopic (exact) mass is 283 g/mol. The van der Waals surface area contributed by atoms with E-state index in [2.05, 4.69) is 11.2 Å². The summed E-state index contributed by atoms with van der Waals surface area (Å²) in [6.07, 6.45) is 8.19. The number of halogens is 1. The Morgan fingerprint density at radius 2 is 1.89 bits per heavy atom. The molecule has 0 aliphatic carbocycles. The van der Waals surface area contributed by atoms with Crippen LogP contribution in [0.4, 0.5) is 0 Å². The van der Waals surface area contributed by atoms with E-state index in [0.717, 1.165) is 38.1 Å². The van der Waals surface area contributed by atoms with E-state index in [4.69, 9.17) is 16.3 Å². The summed E-state index contributed by atoms with van der Waals surface area (Å²) in [4.78, 5) is 0. The predicted octanol–water partition coefficient (Wildman–Crippen LogP) is 2.37. The number of hydrogen-bond donors (Lipinski definition) is 2. The Kier molecular flexibility index (Phi) is 11.1. The Morgan fingerprint density at radius 1 is 1.16 bits per heavy atom. The summed E-state index contributed by atoms with van der Waals surface area (Å²) < 4.78 is 5.30. The van der Waals surface area contributed by atoms with Gasteiger partial charge in [-0.3, -0.25) is 0 Å². The largest absolute Gasteiger partial charge is 0.481 e. The number of nitrogens with one attached hydrogen (secondary N) is 1. The number of rotatable bonds is 9. The van der Waals surface area contributed by atoms with Gasteiger partial charge in [-0.15, -0.1) is 18.8 Å². The molecule has 1 aromatic carbocycles. The van der Waals surface area contributed by atoms with Crippen LogP contribution in [-0.2, 0) is 6.54 Å². The van der Waals surface area contributed by atoms with Crippen LogP contribution in [-0.4, -0.2) is 24.9 Å². The number of hydrogen-bond acceptors (Lipinski definition) is 3. The lowest BCUT2D eigenvalue weighted by Gasteiger charge is -2.06. The summed E-state index contributed by atoms with van der Waals surface area (Å²) in [7, 11) is 0. The summed E-state index contributed by atoms with van der Waals surface area (Å²) in [6.45, 7) is 2.44. The van der Waals surface area contributed by atoms with Gasteiger partial charge in [0.2, 0.25) is 0 Å². The average molecular weight is 284 g/mol. The molecule has 106 valence electrons. The quantitative estimate of drug-likeness (QED) is 0.540. The Bertz CT molecular complexity index is 359. The zero-order valence-electron chi connectivity index (χ0n) is 11.1. The van der Waals surface area contributed by atoms with Crippen LogP contribution >= 0.6 is 12.4 Å². The van der Waals surface area contributed by atoms with Gasteiger partial charge < -0.3 is 15.2 Å². The number of aliphatic hydroxyl groups is 1. The van der Waals surface area contributed by atoms with E-state index in [-0.39, 0.29) is 12.4 Å². The molecule has 2 N–H and O–H groups in total. The minimum Gasteiger partial charge on any atom is -0.481 e. The molecule has 0 atom stereocenters. The first-order valence-corrected chi connectivity index (χ1v) is 6.33. The fourth-order valence-electron chi connectivity index (χ4n) is 1.60. The molecule has 0 amide bonds. The minimum atomic E-state index is 0. The Labute approximate surface area is 121 Å². The zero-order valence-corrected chi connectivity index (χ0v) is 11.9. The average Bonchev–Trinajstić information content (AvgIpc) is 2.42. The third-order valence-corrected chi connectivity index (χ3v) is 2.59. The molecule has 3 nitrogen and oxygen atoms in total. The van der Waals surface area contributed by atoms with Crippen molar-refractivity contribution >= 4 is 12.4 Å². The predicted molar refractivity (Wildman–Crippen MR) is 80.7 cm³/mol. The van der Waals surface area contributed by atoms with E-state index in [1.807, 2.05) is 24.3 Å². The first-order valence-electron chi connectivity index (χ1n) is 6.33. The van der Waals surface area contributed by atoms with Crippen molar-refractivity contribution in [3.05, 3.63) is 29.8 Å². The highest BCUT2D eigenvalue weighted by molar-refractivity contribution is 5.85. The van der Waals surface area contributed by atoms with Gasteiger partial charge in [-0.2, -0.15) is 0 Å². The van der Waals surface area contributed by atoms with Crippen molar-refractivity contribution in [1.82, 2.24) is 5.32 Å². The van der Waals surface area contributed by atoms with E-state index in [9.17, 15) is 0 Å². The van der Waals surface area contributed by atoms with E-state index in [1.165, 1.54) is 5.56 Å². The van der Waals surface area contributed by atoms with Crippen molar-refractivity contribution in [1.29, 1.82) is 0 Å². The van der Waals surface area contributed by atoms with E-state index < -0.39 is 0 Å². The van der Waals surface area contributed by atoms with Gasteiger partial charge in [0.25, 0.3) is 0 Å². The highest BCUT2D eigenvalue weighted by Gasteiger charge is 1.95. The Morgan fingerprint density at radius 3 is 2.53 bits per heavy atom. The molecule has 0 saturated heterocycles. The van der Waals surface area contributed by atoms with Crippen molar-refractivity contribution < 1.29 is 9.84 Å². The molecular formula is C15H22ClNO2. The van der Waals surface area contributed by atoms with Gasteiger partial charge in [0.1, 0.15) is 12.4 Å². The summed E-state index contributed by atoms with van der Waals surface area (Å²) in [5.74, 6) is 3.24. The lowest BCUT2D eigenvalue weighted by molar-refractivity contribution is 0.283. The third kappa shape index (κ3) is 8.50. The fraction of sp³-hybridized carbons (Fsp3) is 0.467. The molecule has 0 fully saturated rings. The SMILES string of the molecule is C#CCOc1ccc(CNCCCCCO)cc1.Cl. The van der Waals surface area contributed by atoms with Crippen LogP contribution in [0.5, 0.6) is 5.75 Å². The maximum Gasteiger partial charge on any atom is 0.148 e. The summed E-state index contributed by atoms with van der Waals surface area (Å²) in [6, 6.07) is 7.93. The molecule has 0 spiro atoms. The van der Waals surface area contributed by atoms with Crippen molar-refractivity contribution in [3.63, 3.8) is 0 Å². The second-order valence-electron chi connectivity index (χ2n) is 4.10. The molecule has 0 radical (unpaired) electrons. The molecule has 1 rings (SSSR count). The molecule has 0 unspecified atom stereocenters. The van der Waals surface area contributed by atoms with Gasteiger partial charge in [0, 0.05) is 13.2 Å². The van der Waals surface area contributed by atoms with Crippen molar-refractivity contribution in [2.45, 2.75) is 25.8 Å². The van der Waals surface area contributed by atoms with Crippen LogP contribution in [0.1, 0.15) is 24.8 Å². The lowest BCUT2D eigenvalue weighted by Crippen LogP contribution is -2.14. The lowest BCUT2D eigenvalue weighted by atomic mass is 10.2. The van der Waals surface area contributed by atoms with Crippen LogP contribution in [0.2, 0.25) is 0 Å². The summed E-state index contributed by atoms with van der Waals surface area (Å²) >= 11 is 0. The second-order valence-corrected chi connectivity index (χ2v) is 4.10. The van der Waals surface area contributed by atoms with Crippen LogP contribution in [0.15, 0.2) is 24.3 Å². The standard InChI is InChI=1S/C15H21NO2.ClH/c1-2-12-18-15-8-6-14(7-9-15)13-16-10-4-3-5-11-17;/h1,6-9,16-17H,3-5,10-13H2;1H. The van der Waals surface area contributed by atoms with Gasteiger partial charge in [0.15, 0.2) is 0 Å². The first kappa shape index (κ1) is 17.8. The second kappa shape index (κ2) is 11.9.